The van der Waals surface area contributed by atoms with Gasteiger partial charge >= 0.3 is 5.97 Å². The van der Waals surface area contributed by atoms with Gasteiger partial charge in [0.25, 0.3) is 0 Å². The first-order valence-corrected chi connectivity index (χ1v) is 20.8. The second-order valence-electron chi connectivity index (χ2n) is 15.3. The molecule has 0 saturated carbocycles. The third-order valence-electron chi connectivity index (χ3n) is 11.3. The second-order valence-corrected chi connectivity index (χ2v) is 16.1. The van der Waals surface area contributed by atoms with Crippen LogP contribution in [0.1, 0.15) is 92.0 Å². The summed E-state index contributed by atoms with van der Waals surface area (Å²) in [5.74, 6) is 1.25. The van der Waals surface area contributed by atoms with Crippen LogP contribution in [0.25, 0.3) is 11.1 Å². The van der Waals surface area contributed by atoms with Gasteiger partial charge in [0, 0.05) is 55.4 Å². The van der Waals surface area contributed by atoms with Crippen molar-refractivity contribution in [1.82, 2.24) is 16.0 Å². The molecule has 4 aromatic rings. The maximum atomic E-state index is 11.7. The van der Waals surface area contributed by atoms with Crippen molar-refractivity contribution >= 4 is 35.1 Å². The number of hydrogen-bond donors (Lipinski definition) is 5. The van der Waals surface area contributed by atoms with Crippen molar-refractivity contribution in [3.8, 4) is 34.1 Å². The first kappa shape index (κ1) is 41.6. The Morgan fingerprint density at radius 1 is 0.793 bits per heavy atom. The number of aliphatic hydroxyl groups is 1. The molecule has 1 saturated heterocycles. The largest absolute Gasteiger partial charge is 0.493 e. The summed E-state index contributed by atoms with van der Waals surface area (Å²) in [6, 6.07) is 20.2. The molecule has 0 aromatic heterocycles. The Bertz CT molecular complexity index is 2160. The minimum Gasteiger partial charge on any atom is -0.493 e. The highest BCUT2D eigenvalue weighted by Crippen LogP contribution is 2.47. The number of aliphatic carboxylic acids is 1. The number of halogens is 2. The molecule has 4 aromatic carbocycles. The summed E-state index contributed by atoms with van der Waals surface area (Å²) in [6.45, 7) is 6.92. The predicted molar refractivity (Wildman–Crippen MR) is 223 cm³/mol. The summed E-state index contributed by atoms with van der Waals surface area (Å²) in [4.78, 5) is 23.3. The molecular formula is C45H51Cl2N3O8. The van der Waals surface area contributed by atoms with E-state index in [2.05, 4.69) is 52.3 Å². The van der Waals surface area contributed by atoms with Gasteiger partial charge in [-0.25, -0.2) is 0 Å². The van der Waals surface area contributed by atoms with Crippen molar-refractivity contribution in [2.24, 2.45) is 0 Å². The highest BCUT2D eigenvalue weighted by atomic mass is 35.5. The number of ether oxygens (including phenoxy) is 4. The van der Waals surface area contributed by atoms with Gasteiger partial charge in [0.05, 0.1) is 29.9 Å². The number of carbonyl (C=O) groups excluding carboxylic acids is 1. The summed E-state index contributed by atoms with van der Waals surface area (Å²) < 4.78 is 25.2. The van der Waals surface area contributed by atoms with Crippen LogP contribution in [0.5, 0.6) is 23.0 Å². The molecule has 0 radical (unpaired) electrons. The average molecular weight is 833 g/mol. The lowest BCUT2D eigenvalue weighted by Crippen LogP contribution is -2.52. The number of hydrogen-bond acceptors (Lipinski definition) is 9. The summed E-state index contributed by atoms with van der Waals surface area (Å²) in [6.07, 6.45) is 4.27. The van der Waals surface area contributed by atoms with E-state index in [1.165, 1.54) is 29.2 Å². The smallest absolute Gasteiger partial charge is 0.326 e. The molecule has 1 aliphatic heterocycles. The van der Waals surface area contributed by atoms with Gasteiger partial charge in [0.1, 0.15) is 40.7 Å². The topological polar surface area (TPSA) is 148 Å². The highest BCUT2D eigenvalue weighted by molar-refractivity contribution is 6.32. The van der Waals surface area contributed by atoms with E-state index in [9.17, 15) is 19.8 Å². The van der Waals surface area contributed by atoms with Crippen LogP contribution in [0, 0.1) is 0 Å². The normalized spacial score (nSPS) is 19.3. The monoisotopic (exact) mass is 831 g/mol. The molecule has 2 aliphatic carbocycles. The van der Waals surface area contributed by atoms with Crippen molar-refractivity contribution in [3.05, 3.63) is 104 Å². The molecule has 1 amide bonds. The van der Waals surface area contributed by atoms with E-state index in [1.807, 2.05) is 26.0 Å². The van der Waals surface area contributed by atoms with Gasteiger partial charge in [-0.1, -0.05) is 59.6 Å². The van der Waals surface area contributed by atoms with Gasteiger partial charge in [-0.05, 0) is 98.4 Å². The molecule has 11 nitrogen and oxygen atoms in total. The van der Waals surface area contributed by atoms with Gasteiger partial charge < -0.3 is 39.8 Å². The Kier molecular flexibility index (Phi) is 13.0. The average Bonchev–Trinajstić information content (AvgIpc) is 3.95. The third-order valence-corrected chi connectivity index (χ3v) is 11.9. The van der Waals surface area contributed by atoms with Gasteiger partial charge in [0.15, 0.2) is 0 Å². The summed E-state index contributed by atoms with van der Waals surface area (Å²) in [7, 11) is 0. The summed E-state index contributed by atoms with van der Waals surface area (Å²) >= 11 is 13.6. The Hall–Kier alpha value is -4.52. The Labute approximate surface area is 349 Å². The van der Waals surface area contributed by atoms with Gasteiger partial charge in [-0.3, -0.25) is 14.9 Å². The number of aliphatic hydroxyl groups excluding tert-OH is 1. The van der Waals surface area contributed by atoms with Crippen LogP contribution < -0.4 is 34.9 Å². The zero-order valence-corrected chi connectivity index (χ0v) is 34.6. The second kappa shape index (κ2) is 18.2. The lowest BCUT2D eigenvalue weighted by atomic mass is 9.91. The number of fused-ring (bicyclic) bond motifs is 2. The molecule has 7 rings (SSSR count). The quantitative estimate of drug-likeness (QED) is 0.0671. The number of rotatable bonds is 18. The molecule has 0 bridgehead atoms. The number of carbonyl (C=O) groups is 2. The molecule has 1 heterocycles. The van der Waals surface area contributed by atoms with E-state index in [0.717, 1.165) is 54.5 Å². The highest BCUT2D eigenvalue weighted by Gasteiger charge is 2.34. The molecule has 13 heteroatoms. The molecule has 4 atom stereocenters. The van der Waals surface area contributed by atoms with Crippen LogP contribution in [0.2, 0.25) is 10.0 Å². The van der Waals surface area contributed by atoms with E-state index in [1.54, 1.807) is 12.1 Å². The number of benzene rings is 4. The van der Waals surface area contributed by atoms with E-state index in [4.69, 9.17) is 42.1 Å². The van der Waals surface area contributed by atoms with E-state index < -0.39 is 18.1 Å². The Morgan fingerprint density at radius 3 is 1.79 bits per heavy atom. The van der Waals surface area contributed by atoms with Crippen molar-refractivity contribution in [2.75, 3.05) is 26.4 Å². The molecule has 5 N–H and O–H groups in total. The Balaban J connectivity index is 1.08. The molecule has 0 spiro atoms. The number of amides is 1. The fourth-order valence-corrected chi connectivity index (χ4v) is 8.64. The number of carboxylic acid groups (broad SMARTS) is 1. The van der Waals surface area contributed by atoms with Crippen molar-refractivity contribution < 1.29 is 38.7 Å². The predicted octanol–water partition coefficient (Wildman–Crippen LogP) is 7.88. The van der Waals surface area contributed by atoms with Crippen LogP contribution in [0.3, 0.4) is 0 Å². The van der Waals surface area contributed by atoms with Crippen molar-refractivity contribution in [2.45, 2.75) is 96.2 Å². The maximum absolute atomic E-state index is 11.7. The van der Waals surface area contributed by atoms with Gasteiger partial charge in [0.2, 0.25) is 5.91 Å². The number of carboxylic acids is 1. The zero-order chi connectivity index (χ0) is 41.0. The SMILES string of the molecule is CCOc1cc(O[C@H]2CCc3c(-c4cccc5c4CC[C@@H]5Oc4cc(OCC)c(CN[C@@](C)(CO)C(=O)O)cc4Cl)cccc32)c(Cl)cc1CNC[C@@H]1CCC(=O)N1. The zero-order valence-electron chi connectivity index (χ0n) is 33.1. The molecule has 58 heavy (non-hydrogen) atoms. The lowest BCUT2D eigenvalue weighted by Gasteiger charge is -2.25. The maximum Gasteiger partial charge on any atom is 0.326 e. The van der Waals surface area contributed by atoms with Crippen molar-refractivity contribution in [3.63, 3.8) is 0 Å². The first-order valence-electron chi connectivity index (χ1n) is 20.1. The van der Waals surface area contributed by atoms with Crippen LogP contribution in [-0.2, 0) is 35.5 Å². The molecule has 1 fully saturated rings. The fraction of sp³-hybridized carbons (Fsp3) is 0.422. The fourth-order valence-electron chi connectivity index (χ4n) is 8.18. The van der Waals surface area contributed by atoms with Crippen LogP contribution in [0.15, 0.2) is 60.7 Å². The summed E-state index contributed by atoms with van der Waals surface area (Å²) in [5, 5.41) is 29.5. The van der Waals surface area contributed by atoms with Crippen LogP contribution in [-0.4, -0.2) is 60.0 Å². The molecule has 308 valence electrons. The van der Waals surface area contributed by atoms with Gasteiger partial charge in [-0.2, -0.15) is 0 Å². The van der Waals surface area contributed by atoms with Gasteiger partial charge in [-0.15, -0.1) is 0 Å². The third kappa shape index (κ3) is 8.89. The molecular weight excluding hydrogens is 781 g/mol. The Morgan fingerprint density at radius 2 is 1.33 bits per heavy atom. The first-order chi connectivity index (χ1) is 28.0. The summed E-state index contributed by atoms with van der Waals surface area (Å²) in [5.41, 5.74) is 7.20. The van der Waals surface area contributed by atoms with Crippen molar-refractivity contribution in [1.29, 1.82) is 0 Å². The lowest BCUT2D eigenvalue weighted by molar-refractivity contribution is -0.146. The van der Waals surface area contributed by atoms with Crippen LogP contribution in [0.4, 0.5) is 0 Å². The van der Waals surface area contributed by atoms with E-state index >= 15 is 0 Å². The van der Waals surface area contributed by atoms with E-state index in [0.29, 0.717) is 65.6 Å². The van der Waals surface area contributed by atoms with Crippen LogP contribution >= 0.6 is 23.2 Å². The van der Waals surface area contributed by atoms with E-state index in [-0.39, 0.29) is 30.7 Å². The minimum atomic E-state index is -1.52. The standard InChI is InChI=1S/C45H51Cl2N3O8/c1-4-55-39-20-41(35(46)18-26(39)22-48-24-28-12-17-43(52)50-28)57-37-15-13-31-29(8-6-10-33(31)37)30-9-7-11-34-32(30)14-16-38(34)58-42-21-40(56-5-2)27(19-36(42)47)23-49-45(3,25-51)44(53)54/h6-11,18-21,28,37-38,48-49,51H,4-5,12-17,22-25H2,1-3H3,(H,50,52)(H,53,54)/t28-,37-,38-,45-/m0/s1. The minimum absolute atomic E-state index is 0.0986. The molecule has 0 unspecified atom stereocenters. The molecule has 3 aliphatic rings. The number of nitrogens with one attached hydrogen (secondary N) is 3.